The molecule has 0 aromatic rings. The fraction of sp³-hybridized carbons (Fsp3) is 0.667. The summed E-state index contributed by atoms with van der Waals surface area (Å²) in [6.45, 7) is 2.05. The van der Waals surface area contributed by atoms with Gasteiger partial charge in [-0.15, -0.1) is 0 Å². The molecule has 1 rings (SSSR count). The van der Waals surface area contributed by atoms with Crippen LogP contribution in [0.1, 0.15) is 6.92 Å². The molecule has 0 aliphatic carbocycles. The van der Waals surface area contributed by atoms with Crippen LogP contribution in [-0.2, 0) is 0 Å². The van der Waals surface area contributed by atoms with Gasteiger partial charge in [0.25, 0.3) is 0 Å². The van der Waals surface area contributed by atoms with E-state index in [1.54, 1.807) is 0 Å². The number of nitrogens with zero attached hydrogens (tertiary/aromatic N) is 1. The molecular weight excluding hydrogens is 64.0 g/mol. The normalized spacial score (nSPS) is 31.8. The highest BCUT2D eigenvalue weighted by Crippen LogP contribution is 1.81. The first-order valence-corrected chi connectivity index (χ1v) is 1.68. The summed E-state index contributed by atoms with van der Waals surface area (Å²) in [6, 6.07) is 0.523. The highest BCUT2D eigenvalue weighted by atomic mass is 15.4. The molecular formula is C3H6N2. The molecule has 0 fully saturated rings. The van der Waals surface area contributed by atoms with E-state index >= 15 is 0 Å². The molecule has 0 saturated heterocycles. The minimum absolute atomic E-state index is 0.523. The molecule has 0 unspecified atom stereocenters. The first-order chi connectivity index (χ1) is 2.39. The van der Waals surface area contributed by atoms with Gasteiger partial charge in [-0.3, -0.25) is 0 Å². The number of hydrogen-bond acceptors (Lipinski definition) is 2. The summed E-state index contributed by atoms with van der Waals surface area (Å²) in [5.41, 5.74) is 2.78. The molecule has 1 aliphatic rings. The number of rotatable bonds is 0. The minimum Gasteiger partial charge on any atom is -0.302 e. The van der Waals surface area contributed by atoms with Crippen molar-refractivity contribution in [1.29, 1.82) is 0 Å². The standard InChI is InChI=1S/C3H6N2/c1-3-2-4-5-3/h2-3,5H,1H3/t3-/m0/s1. The van der Waals surface area contributed by atoms with E-state index in [1.807, 2.05) is 13.1 Å². The van der Waals surface area contributed by atoms with Gasteiger partial charge in [0.15, 0.2) is 0 Å². The Bertz CT molecular complexity index is 57.9. The smallest absolute Gasteiger partial charge is 0.0780 e. The van der Waals surface area contributed by atoms with E-state index in [4.69, 9.17) is 0 Å². The van der Waals surface area contributed by atoms with E-state index in [2.05, 4.69) is 10.5 Å². The van der Waals surface area contributed by atoms with Crippen LogP contribution in [-0.4, -0.2) is 12.3 Å². The van der Waals surface area contributed by atoms with Gasteiger partial charge < -0.3 is 5.43 Å². The third-order valence-electron chi connectivity index (χ3n) is 0.576. The van der Waals surface area contributed by atoms with E-state index in [1.165, 1.54) is 0 Å². The minimum atomic E-state index is 0.523. The Kier molecular flexibility index (Phi) is 0.381. The molecule has 0 radical (unpaired) electrons. The van der Waals surface area contributed by atoms with Gasteiger partial charge in [-0.2, -0.15) is 5.10 Å². The van der Waals surface area contributed by atoms with Crippen LogP contribution in [0.15, 0.2) is 5.10 Å². The maximum Gasteiger partial charge on any atom is 0.0780 e. The molecule has 0 amide bonds. The van der Waals surface area contributed by atoms with E-state index in [-0.39, 0.29) is 0 Å². The summed E-state index contributed by atoms with van der Waals surface area (Å²) >= 11 is 0. The van der Waals surface area contributed by atoms with Crippen LogP contribution in [0.4, 0.5) is 0 Å². The van der Waals surface area contributed by atoms with Crippen LogP contribution in [0.2, 0.25) is 0 Å². The largest absolute Gasteiger partial charge is 0.302 e. The molecule has 0 saturated carbocycles. The maximum atomic E-state index is 3.62. The van der Waals surface area contributed by atoms with Gasteiger partial charge in [0.1, 0.15) is 0 Å². The zero-order valence-corrected chi connectivity index (χ0v) is 3.10. The average Bonchev–Trinajstić information content (AvgIpc) is 1.30. The quantitative estimate of drug-likeness (QED) is 0.425. The van der Waals surface area contributed by atoms with Gasteiger partial charge in [-0.05, 0) is 6.92 Å². The second-order valence-electron chi connectivity index (χ2n) is 1.20. The second-order valence-corrected chi connectivity index (χ2v) is 1.20. The summed E-state index contributed by atoms with van der Waals surface area (Å²) in [5.74, 6) is 0. The van der Waals surface area contributed by atoms with E-state index < -0.39 is 0 Å². The van der Waals surface area contributed by atoms with Gasteiger partial charge in [-0.25, -0.2) is 0 Å². The van der Waals surface area contributed by atoms with Gasteiger partial charge in [0.05, 0.1) is 6.04 Å². The Labute approximate surface area is 30.9 Å². The summed E-state index contributed by atoms with van der Waals surface area (Å²) in [6.07, 6.45) is 1.86. The predicted molar refractivity (Wildman–Crippen MR) is 21.1 cm³/mol. The Hall–Kier alpha value is -0.530. The van der Waals surface area contributed by atoms with Gasteiger partial charge in [0, 0.05) is 6.21 Å². The van der Waals surface area contributed by atoms with Crippen molar-refractivity contribution in [3.05, 3.63) is 0 Å². The van der Waals surface area contributed by atoms with Crippen LogP contribution in [0, 0.1) is 0 Å². The molecule has 0 aromatic carbocycles. The van der Waals surface area contributed by atoms with Crippen molar-refractivity contribution in [2.45, 2.75) is 13.0 Å². The Morgan fingerprint density at radius 2 is 2.40 bits per heavy atom. The van der Waals surface area contributed by atoms with Crippen LogP contribution in [0.5, 0.6) is 0 Å². The summed E-state index contributed by atoms with van der Waals surface area (Å²) in [7, 11) is 0. The SMILES string of the molecule is C[C@H]1C=NN1. The van der Waals surface area contributed by atoms with E-state index in [0.29, 0.717) is 6.04 Å². The topological polar surface area (TPSA) is 24.4 Å². The molecule has 1 N–H and O–H groups in total. The monoisotopic (exact) mass is 70.1 g/mol. The highest BCUT2D eigenvalue weighted by Gasteiger charge is 1.98. The van der Waals surface area contributed by atoms with Gasteiger partial charge >= 0.3 is 0 Å². The zero-order chi connectivity index (χ0) is 3.70. The van der Waals surface area contributed by atoms with Crippen LogP contribution >= 0.6 is 0 Å². The lowest BCUT2D eigenvalue weighted by Gasteiger charge is -2.11. The fourth-order valence-electron chi connectivity index (χ4n) is 0.224. The molecule has 1 atom stereocenters. The van der Waals surface area contributed by atoms with Crippen LogP contribution in [0.25, 0.3) is 0 Å². The van der Waals surface area contributed by atoms with Crippen LogP contribution in [0.3, 0.4) is 0 Å². The van der Waals surface area contributed by atoms with Crippen LogP contribution < -0.4 is 5.43 Å². The van der Waals surface area contributed by atoms with Gasteiger partial charge in [0.2, 0.25) is 0 Å². The van der Waals surface area contributed by atoms with Crippen molar-refractivity contribution < 1.29 is 0 Å². The first kappa shape index (κ1) is 2.69. The Balaban J connectivity index is 2.39. The number of hydrogen-bond donors (Lipinski definition) is 1. The van der Waals surface area contributed by atoms with Gasteiger partial charge in [-0.1, -0.05) is 0 Å². The molecule has 28 valence electrons. The zero-order valence-electron chi connectivity index (χ0n) is 3.10. The summed E-state index contributed by atoms with van der Waals surface area (Å²) in [5, 5.41) is 3.62. The molecule has 1 heterocycles. The molecule has 2 nitrogen and oxygen atoms in total. The van der Waals surface area contributed by atoms with Crippen molar-refractivity contribution in [1.82, 2.24) is 5.43 Å². The highest BCUT2D eigenvalue weighted by molar-refractivity contribution is 5.67. The summed E-state index contributed by atoms with van der Waals surface area (Å²) < 4.78 is 0. The van der Waals surface area contributed by atoms with Crippen molar-refractivity contribution >= 4 is 6.21 Å². The molecule has 0 aromatic heterocycles. The second kappa shape index (κ2) is 0.708. The lowest BCUT2D eigenvalue weighted by Crippen LogP contribution is -2.31. The number of hydrazone groups is 1. The molecule has 1 aliphatic heterocycles. The predicted octanol–water partition coefficient (Wildman–Crippen LogP) is -0.0361. The van der Waals surface area contributed by atoms with Crippen molar-refractivity contribution in [3.8, 4) is 0 Å². The molecule has 2 heteroatoms. The lowest BCUT2D eigenvalue weighted by molar-refractivity contribution is 0.648. The third-order valence-corrected chi connectivity index (χ3v) is 0.576. The first-order valence-electron chi connectivity index (χ1n) is 1.68. The third kappa shape index (κ3) is 0.251. The Morgan fingerprint density at radius 3 is 2.40 bits per heavy atom. The number of nitrogens with one attached hydrogen (secondary N) is 1. The van der Waals surface area contributed by atoms with Crippen molar-refractivity contribution in [3.63, 3.8) is 0 Å². The van der Waals surface area contributed by atoms with E-state index in [0.717, 1.165) is 0 Å². The molecule has 0 spiro atoms. The van der Waals surface area contributed by atoms with E-state index in [9.17, 15) is 0 Å². The Morgan fingerprint density at radius 1 is 2.00 bits per heavy atom. The lowest BCUT2D eigenvalue weighted by atomic mass is 10.4. The maximum absolute atomic E-state index is 3.62. The summed E-state index contributed by atoms with van der Waals surface area (Å²) in [4.78, 5) is 0. The molecule has 5 heavy (non-hydrogen) atoms. The fourth-order valence-corrected chi connectivity index (χ4v) is 0.224. The van der Waals surface area contributed by atoms with Crippen molar-refractivity contribution in [2.75, 3.05) is 0 Å². The average molecular weight is 70.1 g/mol. The van der Waals surface area contributed by atoms with Crippen molar-refractivity contribution in [2.24, 2.45) is 5.10 Å². The molecule has 0 bridgehead atoms.